The highest BCUT2D eigenvalue weighted by atomic mass is 79.9. The van der Waals surface area contributed by atoms with E-state index in [0.717, 1.165) is 35.7 Å². The number of aryl methyl sites for hydroxylation is 1. The van der Waals surface area contributed by atoms with Gasteiger partial charge in [0, 0.05) is 10.0 Å². The van der Waals surface area contributed by atoms with E-state index in [1.54, 1.807) is 36.4 Å². The first-order chi connectivity index (χ1) is 13.8. The van der Waals surface area contributed by atoms with Gasteiger partial charge >= 0.3 is 0 Å². The molecule has 2 aromatic carbocycles. The van der Waals surface area contributed by atoms with E-state index in [4.69, 9.17) is 4.18 Å². The molecule has 2 rings (SSSR count). The van der Waals surface area contributed by atoms with Crippen LogP contribution in [0.25, 0.3) is 0 Å². The van der Waals surface area contributed by atoms with Gasteiger partial charge in [-0.1, -0.05) is 91.2 Å². The quantitative estimate of drug-likeness (QED) is 0.198. The molecule has 0 saturated heterocycles. The highest BCUT2D eigenvalue weighted by molar-refractivity contribution is 9.10. The number of hydrogen-bond donors (Lipinski definition) is 0. The molecule has 158 valence electrons. The van der Waals surface area contributed by atoms with Crippen LogP contribution in [0.3, 0.4) is 0 Å². The predicted octanol–water partition coefficient (Wildman–Crippen LogP) is 6.46. The first-order valence-corrected chi connectivity index (χ1v) is 12.3. The molecule has 0 bridgehead atoms. The second kappa shape index (κ2) is 11.6. The Morgan fingerprint density at radius 2 is 1.52 bits per heavy atom. The van der Waals surface area contributed by atoms with Gasteiger partial charge in [0.25, 0.3) is 10.1 Å². The van der Waals surface area contributed by atoms with Gasteiger partial charge in [0.05, 0.1) is 4.90 Å². The van der Waals surface area contributed by atoms with Gasteiger partial charge in [-0.15, -0.1) is 0 Å². The van der Waals surface area contributed by atoms with Gasteiger partial charge in [0.15, 0.2) is 5.78 Å². The number of carbonyl (C=O) groups is 1. The Labute approximate surface area is 182 Å². The van der Waals surface area contributed by atoms with Crippen LogP contribution in [0.5, 0.6) is 0 Å². The summed E-state index contributed by atoms with van der Waals surface area (Å²) in [5.41, 5.74) is 1.40. The maximum absolute atomic E-state index is 13.0. The number of Topliss-reactive ketones (excluding diaryl/α,β-unsaturated/α-hetero) is 1. The average Bonchev–Trinajstić information content (AvgIpc) is 2.70. The number of halogens is 1. The van der Waals surface area contributed by atoms with E-state index in [0.29, 0.717) is 12.0 Å². The van der Waals surface area contributed by atoms with Crippen molar-refractivity contribution in [3.05, 3.63) is 64.1 Å². The van der Waals surface area contributed by atoms with E-state index in [9.17, 15) is 13.2 Å². The minimum Gasteiger partial charge on any atom is -0.291 e. The molecule has 1 unspecified atom stereocenters. The van der Waals surface area contributed by atoms with Crippen LogP contribution in [0.1, 0.15) is 67.8 Å². The van der Waals surface area contributed by atoms with Crippen molar-refractivity contribution in [1.82, 2.24) is 0 Å². The first kappa shape index (κ1) is 23.8. The van der Waals surface area contributed by atoms with Crippen LogP contribution in [0, 0.1) is 6.92 Å². The summed E-state index contributed by atoms with van der Waals surface area (Å²) < 4.78 is 31.8. The van der Waals surface area contributed by atoms with Crippen LogP contribution in [0.15, 0.2) is 57.9 Å². The maximum atomic E-state index is 13.0. The van der Waals surface area contributed by atoms with Gasteiger partial charge in [0.2, 0.25) is 0 Å². The van der Waals surface area contributed by atoms with Crippen LogP contribution in [0.4, 0.5) is 0 Å². The molecule has 0 spiro atoms. The third kappa shape index (κ3) is 7.68. The molecule has 0 N–H and O–H groups in total. The van der Waals surface area contributed by atoms with Gasteiger partial charge in [0.1, 0.15) is 6.10 Å². The lowest BCUT2D eigenvalue weighted by atomic mass is 10.0. The van der Waals surface area contributed by atoms with Crippen molar-refractivity contribution >= 4 is 31.8 Å². The van der Waals surface area contributed by atoms with Crippen molar-refractivity contribution in [3.63, 3.8) is 0 Å². The molecule has 0 saturated carbocycles. The van der Waals surface area contributed by atoms with Crippen molar-refractivity contribution in [3.8, 4) is 0 Å². The zero-order valence-electron chi connectivity index (χ0n) is 17.1. The molecule has 0 fully saturated rings. The molecule has 2 aromatic rings. The summed E-state index contributed by atoms with van der Waals surface area (Å²) in [5.74, 6) is -0.304. The van der Waals surface area contributed by atoms with Crippen molar-refractivity contribution in [2.75, 3.05) is 0 Å². The van der Waals surface area contributed by atoms with E-state index < -0.39 is 16.2 Å². The summed E-state index contributed by atoms with van der Waals surface area (Å²) in [4.78, 5) is 13.0. The number of rotatable bonds is 12. The fourth-order valence-corrected chi connectivity index (χ4v) is 4.38. The lowest BCUT2D eigenvalue weighted by Gasteiger charge is -2.17. The lowest BCUT2D eigenvalue weighted by molar-refractivity contribution is 0.0783. The van der Waals surface area contributed by atoms with Crippen LogP contribution >= 0.6 is 15.9 Å². The molecule has 0 amide bonds. The number of ketones is 1. The third-order valence-corrected chi connectivity index (χ3v) is 6.66. The summed E-state index contributed by atoms with van der Waals surface area (Å²) in [6, 6.07) is 13.4. The highest BCUT2D eigenvalue weighted by Crippen LogP contribution is 2.22. The standard InChI is InChI=1S/C23H29BrO4S/c1-3-4-5-6-7-8-9-22(23(25)19-12-14-20(24)15-13-19)28-29(26,27)21-16-10-18(2)11-17-21/h10-17,22H,3-9H2,1-2H3. The average molecular weight is 481 g/mol. The van der Waals surface area contributed by atoms with Gasteiger partial charge in [-0.3, -0.25) is 8.98 Å². The zero-order valence-corrected chi connectivity index (χ0v) is 19.5. The van der Waals surface area contributed by atoms with E-state index in [1.165, 1.54) is 25.0 Å². The van der Waals surface area contributed by atoms with Crippen molar-refractivity contribution < 1.29 is 17.4 Å². The van der Waals surface area contributed by atoms with Gasteiger partial charge < -0.3 is 0 Å². The molecule has 6 heteroatoms. The van der Waals surface area contributed by atoms with Crippen molar-refractivity contribution in [1.29, 1.82) is 0 Å². The number of carbonyl (C=O) groups excluding carboxylic acids is 1. The van der Waals surface area contributed by atoms with Gasteiger partial charge in [-0.25, -0.2) is 0 Å². The number of hydrogen-bond acceptors (Lipinski definition) is 4. The van der Waals surface area contributed by atoms with Crippen LogP contribution < -0.4 is 0 Å². The number of unbranched alkanes of at least 4 members (excludes halogenated alkanes) is 5. The Morgan fingerprint density at radius 3 is 2.14 bits per heavy atom. The third-order valence-electron chi connectivity index (χ3n) is 4.79. The van der Waals surface area contributed by atoms with Crippen LogP contribution in [-0.4, -0.2) is 20.3 Å². The second-order valence-corrected chi connectivity index (χ2v) is 9.77. The summed E-state index contributed by atoms with van der Waals surface area (Å²) >= 11 is 3.35. The Bertz CT molecular complexity index is 874. The normalized spacial score (nSPS) is 12.7. The predicted molar refractivity (Wildman–Crippen MR) is 120 cm³/mol. The summed E-state index contributed by atoms with van der Waals surface area (Å²) in [7, 11) is -4.02. The highest BCUT2D eigenvalue weighted by Gasteiger charge is 2.28. The second-order valence-electron chi connectivity index (χ2n) is 7.28. The monoisotopic (exact) mass is 480 g/mol. The molecule has 0 aliphatic rings. The summed E-state index contributed by atoms with van der Waals surface area (Å²) in [6.07, 6.45) is 5.67. The van der Waals surface area contributed by atoms with Crippen molar-refractivity contribution in [2.45, 2.75) is 69.8 Å². The van der Waals surface area contributed by atoms with E-state index in [2.05, 4.69) is 22.9 Å². The largest absolute Gasteiger partial charge is 0.297 e. The molecule has 0 aromatic heterocycles. The molecule has 0 heterocycles. The molecule has 29 heavy (non-hydrogen) atoms. The molecular formula is C23H29BrO4S. The van der Waals surface area contributed by atoms with Crippen LogP contribution in [0.2, 0.25) is 0 Å². The fourth-order valence-electron chi connectivity index (χ4n) is 3.05. The maximum Gasteiger partial charge on any atom is 0.297 e. The molecule has 0 aliphatic heterocycles. The Hall–Kier alpha value is -1.50. The zero-order chi connectivity index (χ0) is 21.3. The number of benzene rings is 2. The Morgan fingerprint density at radius 1 is 0.931 bits per heavy atom. The fraction of sp³-hybridized carbons (Fsp3) is 0.435. The van der Waals surface area contributed by atoms with Crippen molar-refractivity contribution in [2.24, 2.45) is 0 Å². The topological polar surface area (TPSA) is 60.4 Å². The minimum absolute atomic E-state index is 0.0691. The Balaban J connectivity index is 2.13. The summed E-state index contributed by atoms with van der Waals surface area (Å²) in [6.45, 7) is 4.05. The molecule has 0 aliphatic carbocycles. The Kier molecular flexibility index (Phi) is 9.53. The van der Waals surface area contributed by atoms with E-state index in [1.807, 2.05) is 6.92 Å². The van der Waals surface area contributed by atoms with Gasteiger partial charge in [-0.05, 0) is 37.6 Å². The molecular weight excluding hydrogens is 452 g/mol. The molecule has 1 atom stereocenters. The SMILES string of the molecule is CCCCCCCCC(OS(=O)(=O)c1ccc(C)cc1)C(=O)c1ccc(Br)cc1. The van der Waals surface area contributed by atoms with Gasteiger partial charge in [-0.2, -0.15) is 8.42 Å². The van der Waals surface area contributed by atoms with Crippen LogP contribution in [-0.2, 0) is 14.3 Å². The first-order valence-electron chi connectivity index (χ1n) is 10.1. The van der Waals surface area contributed by atoms with E-state index in [-0.39, 0.29) is 10.7 Å². The smallest absolute Gasteiger partial charge is 0.291 e. The molecule has 4 nitrogen and oxygen atoms in total. The summed E-state index contributed by atoms with van der Waals surface area (Å²) in [5, 5.41) is 0. The lowest BCUT2D eigenvalue weighted by Crippen LogP contribution is -2.27. The molecule has 0 radical (unpaired) electrons. The van der Waals surface area contributed by atoms with E-state index >= 15 is 0 Å². The minimum atomic E-state index is -4.02.